The molecular weight excluding hydrogens is 665 g/mol. The first-order valence-corrected chi connectivity index (χ1v) is 18.1. The molecule has 2 N–H and O–H groups in total. The number of hydrogen-bond donors (Lipinski definition) is 2. The molecule has 0 heterocycles. The summed E-state index contributed by atoms with van der Waals surface area (Å²) in [5, 5.41) is 3.61. The molecule has 0 radical (unpaired) electrons. The molecule has 4 aromatic rings. The number of hydrogen-bond acceptors (Lipinski definition) is 4. The Bertz CT molecular complexity index is 1930. The van der Waals surface area contributed by atoms with Gasteiger partial charge in [-0.2, -0.15) is 8.42 Å². The topological polar surface area (TPSA) is 101 Å². The standard InChI is InChI=1S/C39H41Cl2NO5S/c1-25-8-17-31(26(2)23-25)32-18-19-34(37(41)36(32)40)42-38(44)33(29-13-9-27(10-14-29)20-21-39(3,4)5)24-28-11-15-30(16-12-28)35(43)7-6-22-48(45,46)47/h8-21,23,33H,6-7,22,24H2,1-5H3,(H,42,44)(H,45,46,47)/b21-20+. The summed E-state index contributed by atoms with van der Waals surface area (Å²) in [7, 11) is -4.13. The lowest BCUT2D eigenvalue weighted by Crippen LogP contribution is -2.23. The van der Waals surface area contributed by atoms with E-state index in [0.29, 0.717) is 22.7 Å². The van der Waals surface area contributed by atoms with Crippen LogP contribution in [0.5, 0.6) is 0 Å². The molecule has 0 spiro atoms. The highest BCUT2D eigenvalue weighted by molar-refractivity contribution is 7.85. The summed E-state index contributed by atoms with van der Waals surface area (Å²) in [6, 6.07) is 24.5. The molecule has 1 unspecified atom stereocenters. The summed E-state index contributed by atoms with van der Waals surface area (Å²) < 4.78 is 30.9. The Balaban J connectivity index is 1.60. The number of amides is 1. The molecule has 4 aromatic carbocycles. The molecule has 252 valence electrons. The lowest BCUT2D eigenvalue weighted by atomic mass is 9.89. The maximum absolute atomic E-state index is 14.0. The fourth-order valence-corrected chi connectivity index (χ4v) is 6.35. The zero-order valence-corrected chi connectivity index (χ0v) is 30.1. The van der Waals surface area contributed by atoms with Gasteiger partial charge in [0.1, 0.15) is 0 Å². The third-order valence-corrected chi connectivity index (χ3v) is 9.65. The predicted octanol–water partition coefficient (Wildman–Crippen LogP) is 10.2. The second-order valence-corrected chi connectivity index (χ2v) is 15.6. The van der Waals surface area contributed by atoms with Crippen LogP contribution < -0.4 is 5.32 Å². The second kappa shape index (κ2) is 15.6. The van der Waals surface area contributed by atoms with Crippen molar-refractivity contribution in [3.05, 3.63) is 128 Å². The first-order chi connectivity index (χ1) is 22.5. The predicted molar refractivity (Wildman–Crippen MR) is 198 cm³/mol. The zero-order valence-electron chi connectivity index (χ0n) is 27.8. The van der Waals surface area contributed by atoms with Gasteiger partial charge in [-0.3, -0.25) is 14.1 Å². The third-order valence-electron chi connectivity index (χ3n) is 7.97. The van der Waals surface area contributed by atoms with Gasteiger partial charge in [0, 0.05) is 17.5 Å². The lowest BCUT2D eigenvalue weighted by Gasteiger charge is -2.20. The molecule has 0 aliphatic carbocycles. The number of ketones is 1. The molecule has 0 aliphatic rings. The van der Waals surface area contributed by atoms with Crippen molar-refractivity contribution in [1.82, 2.24) is 0 Å². The molecule has 0 aliphatic heterocycles. The first-order valence-electron chi connectivity index (χ1n) is 15.7. The van der Waals surface area contributed by atoms with Crippen LogP contribution in [0.3, 0.4) is 0 Å². The van der Waals surface area contributed by atoms with Crippen LogP contribution in [0.4, 0.5) is 5.69 Å². The van der Waals surface area contributed by atoms with Crippen LogP contribution in [0.25, 0.3) is 17.2 Å². The van der Waals surface area contributed by atoms with Crippen LogP contribution in [-0.4, -0.2) is 30.4 Å². The molecule has 1 atom stereocenters. The largest absolute Gasteiger partial charge is 0.324 e. The number of carbonyl (C=O) groups excluding carboxylic acids is 2. The molecule has 0 fully saturated rings. The molecule has 0 aromatic heterocycles. The molecule has 48 heavy (non-hydrogen) atoms. The number of nitrogens with one attached hydrogen (secondary N) is 1. The SMILES string of the molecule is Cc1ccc(-c2ccc(NC(=O)C(Cc3ccc(C(=O)CCCS(=O)(=O)O)cc3)c3ccc(/C=C/C(C)(C)C)cc3)c(Cl)c2Cl)c(C)c1. The Labute approximate surface area is 293 Å². The highest BCUT2D eigenvalue weighted by Gasteiger charge is 2.24. The minimum atomic E-state index is -4.13. The van der Waals surface area contributed by atoms with Gasteiger partial charge >= 0.3 is 0 Å². The molecule has 0 bridgehead atoms. The number of Topliss-reactive ketones (excluding diaryl/α,β-unsaturated/α-hetero) is 1. The number of allylic oxidation sites excluding steroid dienone is 1. The van der Waals surface area contributed by atoms with E-state index in [1.54, 1.807) is 30.3 Å². The van der Waals surface area contributed by atoms with Gasteiger partial charge in [0.2, 0.25) is 5.91 Å². The highest BCUT2D eigenvalue weighted by Crippen LogP contribution is 2.40. The smallest absolute Gasteiger partial charge is 0.264 e. The second-order valence-electron chi connectivity index (χ2n) is 13.2. The van der Waals surface area contributed by atoms with Gasteiger partial charge < -0.3 is 5.32 Å². The highest BCUT2D eigenvalue weighted by atomic mass is 35.5. The van der Waals surface area contributed by atoms with E-state index in [2.05, 4.69) is 44.3 Å². The van der Waals surface area contributed by atoms with Gasteiger partial charge in [0.05, 0.1) is 27.4 Å². The van der Waals surface area contributed by atoms with Gasteiger partial charge in [0.15, 0.2) is 5.78 Å². The molecular formula is C39H41Cl2NO5S. The van der Waals surface area contributed by atoms with Crippen LogP contribution >= 0.6 is 23.2 Å². The Morgan fingerprint density at radius 2 is 1.52 bits per heavy atom. The van der Waals surface area contributed by atoms with Crippen molar-refractivity contribution < 1.29 is 22.6 Å². The van der Waals surface area contributed by atoms with Crippen molar-refractivity contribution in [2.45, 2.75) is 59.8 Å². The number of aryl methyl sites for hydroxylation is 2. The average Bonchev–Trinajstić information content (AvgIpc) is 3.01. The maximum Gasteiger partial charge on any atom is 0.264 e. The number of carbonyl (C=O) groups is 2. The monoisotopic (exact) mass is 705 g/mol. The van der Waals surface area contributed by atoms with E-state index >= 15 is 0 Å². The summed E-state index contributed by atoms with van der Waals surface area (Å²) >= 11 is 13.5. The Kier molecular flexibility index (Phi) is 12.1. The van der Waals surface area contributed by atoms with Crippen LogP contribution in [0.1, 0.15) is 77.7 Å². The molecule has 0 saturated heterocycles. The fraction of sp³-hybridized carbons (Fsp3) is 0.282. The summed E-state index contributed by atoms with van der Waals surface area (Å²) in [4.78, 5) is 26.6. The zero-order chi connectivity index (χ0) is 35.2. The van der Waals surface area contributed by atoms with E-state index in [4.69, 9.17) is 27.8 Å². The van der Waals surface area contributed by atoms with Gasteiger partial charge in [-0.15, -0.1) is 0 Å². The van der Waals surface area contributed by atoms with Crippen molar-refractivity contribution in [3.63, 3.8) is 0 Å². The quantitative estimate of drug-likeness (QED) is 0.113. The molecule has 6 nitrogen and oxygen atoms in total. The van der Waals surface area contributed by atoms with Crippen molar-refractivity contribution in [3.8, 4) is 11.1 Å². The van der Waals surface area contributed by atoms with E-state index in [-0.39, 0.29) is 35.0 Å². The van der Waals surface area contributed by atoms with Crippen LogP contribution in [0.15, 0.2) is 84.9 Å². The Hall–Kier alpha value is -3.75. The van der Waals surface area contributed by atoms with E-state index in [1.807, 2.05) is 56.3 Å². The minimum Gasteiger partial charge on any atom is -0.324 e. The van der Waals surface area contributed by atoms with Crippen LogP contribution in [-0.2, 0) is 21.3 Å². The lowest BCUT2D eigenvalue weighted by molar-refractivity contribution is -0.117. The number of halogens is 2. The first kappa shape index (κ1) is 37.1. The number of rotatable bonds is 12. The molecule has 0 saturated carbocycles. The molecule has 4 rings (SSSR count). The van der Waals surface area contributed by atoms with Crippen LogP contribution in [0.2, 0.25) is 10.0 Å². The Morgan fingerprint density at radius 1 is 0.875 bits per heavy atom. The number of anilines is 1. The van der Waals surface area contributed by atoms with Gasteiger partial charge in [-0.1, -0.05) is 134 Å². The molecule has 9 heteroatoms. The van der Waals surface area contributed by atoms with E-state index in [1.165, 1.54) is 0 Å². The third kappa shape index (κ3) is 10.4. The maximum atomic E-state index is 14.0. The van der Waals surface area contributed by atoms with Crippen molar-refractivity contribution in [2.75, 3.05) is 11.1 Å². The van der Waals surface area contributed by atoms with Gasteiger partial charge in [0.25, 0.3) is 10.1 Å². The van der Waals surface area contributed by atoms with Gasteiger partial charge in [-0.05, 0) is 66.0 Å². The summed E-state index contributed by atoms with van der Waals surface area (Å²) in [6.07, 6.45) is 4.55. The average molecular weight is 707 g/mol. The number of benzene rings is 4. The van der Waals surface area contributed by atoms with E-state index in [9.17, 15) is 18.0 Å². The van der Waals surface area contributed by atoms with Crippen molar-refractivity contribution in [2.24, 2.45) is 5.41 Å². The fourth-order valence-electron chi connectivity index (χ4n) is 5.36. The van der Waals surface area contributed by atoms with E-state index in [0.717, 1.165) is 38.9 Å². The van der Waals surface area contributed by atoms with Crippen molar-refractivity contribution >= 4 is 56.8 Å². The summed E-state index contributed by atoms with van der Waals surface area (Å²) in [5.74, 6) is -1.57. The summed E-state index contributed by atoms with van der Waals surface area (Å²) in [6.45, 7) is 10.4. The van der Waals surface area contributed by atoms with Gasteiger partial charge in [-0.25, -0.2) is 0 Å². The minimum absolute atomic E-state index is 0.00817. The van der Waals surface area contributed by atoms with E-state index < -0.39 is 21.8 Å². The Morgan fingerprint density at radius 3 is 2.12 bits per heavy atom. The normalized spacial score (nSPS) is 12.7. The molecule has 1 amide bonds. The van der Waals surface area contributed by atoms with Crippen molar-refractivity contribution in [1.29, 1.82) is 0 Å². The van der Waals surface area contributed by atoms with Crippen LogP contribution in [0, 0.1) is 19.3 Å². The summed E-state index contributed by atoms with van der Waals surface area (Å²) in [5.41, 5.74) is 7.46.